The molecule has 2 atom stereocenters. The zero-order chi connectivity index (χ0) is 25.4. The summed E-state index contributed by atoms with van der Waals surface area (Å²) in [5, 5.41) is 7.89. The van der Waals surface area contributed by atoms with Crippen LogP contribution in [0.1, 0.15) is 24.2 Å². The monoisotopic (exact) mass is 491 g/mol. The van der Waals surface area contributed by atoms with Crippen molar-refractivity contribution in [2.24, 2.45) is 0 Å². The van der Waals surface area contributed by atoms with Crippen LogP contribution >= 0.6 is 0 Å². The molecular formula is C25H26FN7O3. The zero-order valence-electron chi connectivity index (χ0n) is 20.4. The van der Waals surface area contributed by atoms with Gasteiger partial charge in [-0.1, -0.05) is 0 Å². The number of benzene rings is 2. The number of nitrogens with zero attached hydrogens (tertiary/aromatic N) is 6. The quantitative estimate of drug-likeness (QED) is 0.451. The Morgan fingerprint density at radius 3 is 2.78 bits per heavy atom. The van der Waals surface area contributed by atoms with Crippen molar-refractivity contribution in [2.45, 2.75) is 26.0 Å². The molecule has 0 radical (unpaired) electrons. The first kappa shape index (κ1) is 23.6. The average Bonchev–Trinajstić information content (AvgIpc) is 3.34. The second kappa shape index (κ2) is 9.50. The average molecular weight is 492 g/mol. The highest BCUT2D eigenvalue weighted by molar-refractivity contribution is 5.94. The first-order valence-electron chi connectivity index (χ1n) is 11.6. The highest BCUT2D eigenvalue weighted by Gasteiger charge is 2.27. The van der Waals surface area contributed by atoms with Crippen molar-refractivity contribution in [1.29, 1.82) is 0 Å². The van der Waals surface area contributed by atoms with Crippen LogP contribution in [0, 0.1) is 5.82 Å². The summed E-state index contributed by atoms with van der Waals surface area (Å²) in [6.45, 7) is 5.11. The Bertz CT molecular complexity index is 1420. The number of amides is 1. The van der Waals surface area contributed by atoms with Crippen molar-refractivity contribution < 1.29 is 18.7 Å². The van der Waals surface area contributed by atoms with E-state index in [2.05, 4.69) is 20.2 Å². The van der Waals surface area contributed by atoms with Crippen LogP contribution in [-0.4, -0.2) is 75.3 Å². The lowest BCUT2D eigenvalue weighted by molar-refractivity contribution is 0.0336. The number of nitrogens with one attached hydrogen (secondary N) is 1. The molecule has 3 heterocycles. The summed E-state index contributed by atoms with van der Waals surface area (Å²) in [4.78, 5) is 29.3. The molecule has 11 heteroatoms. The van der Waals surface area contributed by atoms with Crippen LogP contribution in [0.4, 0.5) is 10.3 Å². The highest BCUT2D eigenvalue weighted by Crippen LogP contribution is 2.29. The fourth-order valence-corrected chi connectivity index (χ4v) is 3.99. The van der Waals surface area contributed by atoms with Crippen LogP contribution in [0.3, 0.4) is 0 Å². The number of rotatable bonds is 5. The van der Waals surface area contributed by atoms with E-state index in [0.29, 0.717) is 24.9 Å². The third kappa shape index (κ3) is 4.69. The molecule has 1 unspecified atom stereocenters. The molecule has 0 bridgehead atoms. The number of hydrogen-bond acceptors (Lipinski definition) is 8. The van der Waals surface area contributed by atoms with Gasteiger partial charge in [-0.05, 0) is 50.2 Å². The number of hydrogen-bond donors (Lipinski definition) is 1. The van der Waals surface area contributed by atoms with Crippen LogP contribution < -0.4 is 9.64 Å². The number of H-pyrrole nitrogens is 1. The van der Waals surface area contributed by atoms with E-state index in [1.165, 1.54) is 17.0 Å². The van der Waals surface area contributed by atoms with Gasteiger partial charge in [0.25, 0.3) is 5.91 Å². The highest BCUT2D eigenvalue weighted by atomic mass is 19.1. The van der Waals surface area contributed by atoms with Gasteiger partial charge in [-0.25, -0.2) is 4.39 Å². The molecule has 4 aromatic rings. The second-order valence-electron chi connectivity index (χ2n) is 9.01. The molecule has 1 fully saturated rings. The van der Waals surface area contributed by atoms with Crippen LogP contribution in [-0.2, 0) is 4.74 Å². The SMILES string of the molecule is CC1CO[C@H](C)CN1c1nc(Oc2ccc(C(=O)N(C)C)cc2F)nc(-c2ccc3[nH]ncc3c2)n1. The fourth-order valence-electron chi connectivity index (χ4n) is 3.99. The van der Waals surface area contributed by atoms with Crippen molar-refractivity contribution in [1.82, 2.24) is 30.0 Å². The van der Waals surface area contributed by atoms with E-state index in [1.54, 1.807) is 20.3 Å². The Morgan fingerprint density at radius 2 is 2.00 bits per heavy atom. The van der Waals surface area contributed by atoms with Crippen LogP contribution in [0.5, 0.6) is 11.8 Å². The molecule has 10 nitrogen and oxygen atoms in total. The molecule has 0 saturated carbocycles. The largest absolute Gasteiger partial charge is 0.421 e. The summed E-state index contributed by atoms with van der Waals surface area (Å²) in [5.74, 6) is -0.314. The van der Waals surface area contributed by atoms with Crippen molar-refractivity contribution in [2.75, 3.05) is 32.1 Å². The topological polar surface area (TPSA) is 109 Å². The van der Waals surface area contributed by atoms with Crippen molar-refractivity contribution in [3.63, 3.8) is 0 Å². The molecule has 1 saturated heterocycles. The van der Waals surface area contributed by atoms with Gasteiger partial charge in [-0.2, -0.15) is 20.1 Å². The lowest BCUT2D eigenvalue weighted by atomic mass is 10.1. The minimum atomic E-state index is -0.695. The van der Waals surface area contributed by atoms with Crippen molar-refractivity contribution in [3.8, 4) is 23.1 Å². The zero-order valence-corrected chi connectivity index (χ0v) is 20.4. The number of halogens is 1. The van der Waals surface area contributed by atoms with Crippen LogP contribution in [0.25, 0.3) is 22.3 Å². The van der Waals surface area contributed by atoms with Crippen molar-refractivity contribution in [3.05, 3.63) is 54.0 Å². The lowest BCUT2D eigenvalue weighted by Gasteiger charge is -2.36. The van der Waals surface area contributed by atoms with E-state index in [-0.39, 0.29) is 35.4 Å². The Hall–Kier alpha value is -4.12. The third-order valence-electron chi connectivity index (χ3n) is 5.95. The Morgan fingerprint density at radius 1 is 1.17 bits per heavy atom. The molecule has 5 rings (SSSR count). The van der Waals surface area contributed by atoms with Gasteiger partial charge in [0.2, 0.25) is 5.95 Å². The minimum Gasteiger partial charge on any atom is -0.421 e. The Balaban J connectivity index is 1.55. The number of aromatic amines is 1. The van der Waals surface area contributed by atoms with Gasteiger partial charge in [0.1, 0.15) is 0 Å². The molecular weight excluding hydrogens is 465 g/mol. The number of fused-ring (bicyclic) bond motifs is 1. The van der Waals surface area contributed by atoms with E-state index in [1.807, 2.05) is 36.9 Å². The molecule has 0 aliphatic carbocycles. The molecule has 36 heavy (non-hydrogen) atoms. The second-order valence-corrected chi connectivity index (χ2v) is 9.01. The predicted molar refractivity (Wildman–Crippen MR) is 132 cm³/mol. The Labute approximate surface area is 207 Å². The normalized spacial score (nSPS) is 17.9. The maximum absolute atomic E-state index is 14.9. The summed E-state index contributed by atoms with van der Waals surface area (Å²) in [6, 6.07) is 9.68. The van der Waals surface area contributed by atoms with E-state index in [0.717, 1.165) is 22.5 Å². The maximum Gasteiger partial charge on any atom is 0.327 e. The van der Waals surface area contributed by atoms with E-state index in [4.69, 9.17) is 14.5 Å². The van der Waals surface area contributed by atoms with Gasteiger partial charge in [-0.15, -0.1) is 0 Å². The van der Waals surface area contributed by atoms with Crippen LogP contribution in [0.2, 0.25) is 0 Å². The molecule has 2 aromatic heterocycles. The third-order valence-corrected chi connectivity index (χ3v) is 5.95. The number of anilines is 1. The lowest BCUT2D eigenvalue weighted by Crippen LogP contribution is -2.48. The van der Waals surface area contributed by atoms with E-state index in [9.17, 15) is 9.18 Å². The minimum absolute atomic E-state index is 0.00714. The van der Waals surface area contributed by atoms with Gasteiger partial charge >= 0.3 is 6.01 Å². The molecule has 2 aromatic carbocycles. The summed E-state index contributed by atoms with van der Waals surface area (Å²) in [5.41, 5.74) is 1.83. The molecule has 0 spiro atoms. The van der Waals surface area contributed by atoms with E-state index >= 15 is 0 Å². The summed E-state index contributed by atoms with van der Waals surface area (Å²) >= 11 is 0. The van der Waals surface area contributed by atoms with Gasteiger partial charge in [-0.3, -0.25) is 9.89 Å². The van der Waals surface area contributed by atoms with Gasteiger partial charge in [0.05, 0.1) is 30.5 Å². The molecule has 1 amide bonds. The molecule has 1 N–H and O–H groups in total. The fraction of sp³-hybridized carbons (Fsp3) is 0.320. The van der Waals surface area contributed by atoms with Gasteiger partial charge in [0, 0.05) is 37.2 Å². The van der Waals surface area contributed by atoms with E-state index < -0.39 is 5.82 Å². The predicted octanol–water partition coefficient (Wildman–Crippen LogP) is 3.66. The Kier molecular flexibility index (Phi) is 6.23. The first-order chi connectivity index (χ1) is 17.3. The van der Waals surface area contributed by atoms with Gasteiger partial charge < -0.3 is 19.3 Å². The summed E-state index contributed by atoms with van der Waals surface area (Å²) in [6.07, 6.45) is 1.71. The van der Waals surface area contributed by atoms with Crippen molar-refractivity contribution >= 4 is 22.8 Å². The summed E-state index contributed by atoms with van der Waals surface area (Å²) in [7, 11) is 3.21. The molecule has 1 aliphatic heterocycles. The number of morpholine rings is 1. The van der Waals surface area contributed by atoms with Gasteiger partial charge in [0.15, 0.2) is 17.4 Å². The smallest absolute Gasteiger partial charge is 0.327 e. The first-order valence-corrected chi connectivity index (χ1v) is 11.6. The maximum atomic E-state index is 14.9. The summed E-state index contributed by atoms with van der Waals surface area (Å²) < 4.78 is 26.4. The molecule has 1 aliphatic rings. The van der Waals surface area contributed by atoms with Crippen LogP contribution in [0.15, 0.2) is 42.6 Å². The number of carbonyl (C=O) groups is 1. The standard InChI is InChI=1S/C25H26FN7O3/c1-14-13-35-15(2)12-33(14)24-28-22(16-5-7-20-18(9-16)11-27-31-20)29-25(30-24)36-21-8-6-17(10-19(21)26)23(34)32(3)4/h5-11,14-15H,12-13H2,1-4H3,(H,27,31)/t14?,15-/m1/s1. The number of aromatic nitrogens is 5. The molecule has 186 valence electrons. The number of ether oxygens (including phenoxy) is 2. The number of carbonyl (C=O) groups excluding carboxylic acids is 1.